The first-order valence-corrected chi connectivity index (χ1v) is 6.53. The highest BCUT2D eigenvalue weighted by Crippen LogP contribution is 2.24. The molecule has 1 aliphatic carbocycles. The summed E-state index contributed by atoms with van der Waals surface area (Å²) < 4.78 is 0. The van der Waals surface area contributed by atoms with Gasteiger partial charge in [0.2, 0.25) is 5.91 Å². The SMILES string of the molecule is CC(C(=O)NC(N)=O)N(CCO)C1CCCCC1. The molecule has 0 saturated heterocycles. The second kappa shape index (κ2) is 7.33. The molecule has 4 N–H and O–H groups in total. The number of carbonyl (C=O) groups is 2. The molecule has 0 spiro atoms. The van der Waals surface area contributed by atoms with Crippen molar-refractivity contribution in [1.82, 2.24) is 10.2 Å². The highest BCUT2D eigenvalue weighted by molar-refractivity contribution is 5.96. The Balaban J connectivity index is 2.63. The molecule has 1 aliphatic rings. The number of carbonyl (C=O) groups excluding carboxylic acids is 2. The van der Waals surface area contributed by atoms with Gasteiger partial charge in [-0.05, 0) is 19.8 Å². The first-order chi connectivity index (χ1) is 8.56. The Morgan fingerprint density at radius 3 is 2.50 bits per heavy atom. The molecule has 0 aromatic heterocycles. The van der Waals surface area contributed by atoms with E-state index in [0.29, 0.717) is 12.6 Å². The summed E-state index contributed by atoms with van der Waals surface area (Å²) in [4.78, 5) is 24.4. The number of rotatable bonds is 5. The summed E-state index contributed by atoms with van der Waals surface area (Å²) >= 11 is 0. The highest BCUT2D eigenvalue weighted by Gasteiger charge is 2.29. The van der Waals surface area contributed by atoms with Gasteiger partial charge in [-0.1, -0.05) is 19.3 Å². The molecule has 0 aromatic carbocycles. The molecule has 6 nitrogen and oxygen atoms in total. The van der Waals surface area contributed by atoms with Crippen molar-refractivity contribution >= 4 is 11.9 Å². The van der Waals surface area contributed by atoms with Gasteiger partial charge in [0.25, 0.3) is 0 Å². The molecule has 1 unspecified atom stereocenters. The van der Waals surface area contributed by atoms with E-state index in [1.54, 1.807) is 6.92 Å². The van der Waals surface area contributed by atoms with Gasteiger partial charge in [0.1, 0.15) is 0 Å². The molecule has 0 aliphatic heterocycles. The Morgan fingerprint density at radius 2 is 2.00 bits per heavy atom. The second-order valence-corrected chi connectivity index (χ2v) is 4.78. The molecule has 1 fully saturated rings. The zero-order chi connectivity index (χ0) is 13.5. The van der Waals surface area contributed by atoms with Gasteiger partial charge in [0.15, 0.2) is 0 Å². The zero-order valence-corrected chi connectivity index (χ0v) is 10.9. The highest BCUT2D eigenvalue weighted by atomic mass is 16.3. The van der Waals surface area contributed by atoms with Crippen LogP contribution in [-0.4, -0.2) is 47.2 Å². The van der Waals surface area contributed by atoms with Crippen LogP contribution in [0.4, 0.5) is 4.79 Å². The molecule has 0 heterocycles. The Labute approximate surface area is 108 Å². The number of nitrogens with two attached hydrogens (primary N) is 1. The summed E-state index contributed by atoms with van der Waals surface area (Å²) in [7, 11) is 0. The van der Waals surface area contributed by atoms with Gasteiger partial charge in [-0.2, -0.15) is 0 Å². The van der Waals surface area contributed by atoms with Crippen molar-refractivity contribution in [1.29, 1.82) is 0 Å². The minimum absolute atomic E-state index is 0.00465. The van der Waals surface area contributed by atoms with E-state index in [4.69, 9.17) is 10.8 Å². The molecule has 0 radical (unpaired) electrons. The number of nitrogens with zero attached hydrogens (tertiary/aromatic N) is 1. The maximum Gasteiger partial charge on any atom is 0.318 e. The molecule has 0 aromatic rings. The van der Waals surface area contributed by atoms with Crippen LogP contribution in [0.2, 0.25) is 0 Å². The summed E-state index contributed by atoms with van der Waals surface area (Å²) in [5.74, 6) is -0.401. The molecule has 1 saturated carbocycles. The molecule has 0 bridgehead atoms. The minimum Gasteiger partial charge on any atom is -0.395 e. The van der Waals surface area contributed by atoms with E-state index in [0.717, 1.165) is 25.7 Å². The van der Waals surface area contributed by atoms with Gasteiger partial charge >= 0.3 is 6.03 Å². The average Bonchev–Trinajstić information content (AvgIpc) is 2.35. The summed E-state index contributed by atoms with van der Waals surface area (Å²) in [5.41, 5.74) is 4.94. The van der Waals surface area contributed by atoms with Gasteiger partial charge in [0, 0.05) is 12.6 Å². The first-order valence-electron chi connectivity index (χ1n) is 6.53. The predicted molar refractivity (Wildman–Crippen MR) is 67.9 cm³/mol. The fraction of sp³-hybridized carbons (Fsp3) is 0.833. The Kier molecular flexibility index (Phi) is 6.07. The monoisotopic (exact) mass is 257 g/mol. The number of nitrogens with one attached hydrogen (secondary N) is 1. The lowest BCUT2D eigenvalue weighted by molar-refractivity contribution is -0.126. The smallest absolute Gasteiger partial charge is 0.318 e. The third-order valence-electron chi connectivity index (χ3n) is 3.53. The van der Waals surface area contributed by atoms with Crippen molar-refractivity contribution in [2.24, 2.45) is 5.73 Å². The van der Waals surface area contributed by atoms with Crippen LogP contribution in [0.5, 0.6) is 0 Å². The summed E-state index contributed by atoms with van der Waals surface area (Å²) in [6.45, 7) is 2.19. The van der Waals surface area contributed by atoms with E-state index < -0.39 is 18.0 Å². The first kappa shape index (κ1) is 14.9. The number of aliphatic hydroxyl groups is 1. The number of imide groups is 1. The molecular weight excluding hydrogens is 234 g/mol. The maximum absolute atomic E-state index is 11.8. The van der Waals surface area contributed by atoms with Gasteiger partial charge in [-0.3, -0.25) is 15.0 Å². The van der Waals surface area contributed by atoms with E-state index in [1.807, 2.05) is 4.90 Å². The summed E-state index contributed by atoms with van der Waals surface area (Å²) in [6.07, 6.45) is 5.60. The number of hydrogen-bond acceptors (Lipinski definition) is 4. The topological polar surface area (TPSA) is 95.7 Å². The molecule has 1 rings (SSSR count). The second-order valence-electron chi connectivity index (χ2n) is 4.78. The molecule has 1 atom stereocenters. The number of amides is 3. The summed E-state index contributed by atoms with van der Waals surface area (Å²) in [6, 6.07) is -0.980. The fourth-order valence-electron chi connectivity index (χ4n) is 2.60. The molecule has 6 heteroatoms. The third-order valence-corrected chi connectivity index (χ3v) is 3.53. The molecular formula is C12H23N3O3. The standard InChI is InChI=1S/C12H23N3O3/c1-9(11(17)14-12(13)18)15(7-8-16)10-5-3-2-4-6-10/h9-10,16H,2-8H2,1H3,(H3,13,14,17,18). The normalized spacial score (nSPS) is 18.6. The maximum atomic E-state index is 11.8. The molecule has 3 amide bonds. The Hall–Kier alpha value is -1.14. The fourth-order valence-corrected chi connectivity index (χ4v) is 2.60. The van der Waals surface area contributed by atoms with Crippen LogP contribution in [-0.2, 0) is 4.79 Å². The predicted octanol–water partition coefficient (Wildman–Crippen LogP) is 0.197. The lowest BCUT2D eigenvalue weighted by Crippen LogP contribution is -2.53. The lowest BCUT2D eigenvalue weighted by atomic mass is 9.93. The van der Waals surface area contributed by atoms with E-state index in [1.165, 1.54) is 6.42 Å². The number of urea groups is 1. The molecule has 18 heavy (non-hydrogen) atoms. The number of aliphatic hydroxyl groups excluding tert-OH is 1. The van der Waals surface area contributed by atoms with Crippen LogP contribution < -0.4 is 11.1 Å². The van der Waals surface area contributed by atoms with E-state index in [2.05, 4.69) is 5.32 Å². The molecule has 104 valence electrons. The lowest BCUT2D eigenvalue weighted by Gasteiger charge is -2.37. The number of primary amides is 1. The van der Waals surface area contributed by atoms with E-state index >= 15 is 0 Å². The van der Waals surface area contributed by atoms with Crippen molar-refractivity contribution in [3.63, 3.8) is 0 Å². The van der Waals surface area contributed by atoms with Crippen LogP contribution in [0, 0.1) is 0 Å². The minimum atomic E-state index is -0.834. The van der Waals surface area contributed by atoms with Gasteiger partial charge in [-0.15, -0.1) is 0 Å². The quantitative estimate of drug-likeness (QED) is 0.655. The van der Waals surface area contributed by atoms with E-state index in [-0.39, 0.29) is 6.61 Å². The van der Waals surface area contributed by atoms with Gasteiger partial charge in [0.05, 0.1) is 12.6 Å². The van der Waals surface area contributed by atoms with E-state index in [9.17, 15) is 9.59 Å². The van der Waals surface area contributed by atoms with Crippen LogP contribution in [0.1, 0.15) is 39.0 Å². The van der Waals surface area contributed by atoms with Gasteiger partial charge in [-0.25, -0.2) is 4.79 Å². The van der Waals surface area contributed by atoms with Crippen molar-refractivity contribution in [3.8, 4) is 0 Å². The van der Waals surface area contributed by atoms with Crippen LogP contribution in [0.15, 0.2) is 0 Å². The van der Waals surface area contributed by atoms with Crippen LogP contribution >= 0.6 is 0 Å². The van der Waals surface area contributed by atoms with Crippen LogP contribution in [0.25, 0.3) is 0 Å². The Bertz CT molecular complexity index is 290. The Morgan fingerprint density at radius 1 is 1.39 bits per heavy atom. The summed E-state index contributed by atoms with van der Waals surface area (Å²) in [5, 5.41) is 11.2. The zero-order valence-electron chi connectivity index (χ0n) is 10.9. The average molecular weight is 257 g/mol. The van der Waals surface area contributed by atoms with Gasteiger partial charge < -0.3 is 10.8 Å². The third kappa shape index (κ3) is 4.27. The number of hydrogen-bond donors (Lipinski definition) is 3. The van der Waals surface area contributed by atoms with Crippen molar-refractivity contribution in [2.45, 2.75) is 51.1 Å². The van der Waals surface area contributed by atoms with Crippen LogP contribution in [0.3, 0.4) is 0 Å². The van der Waals surface area contributed by atoms with Crippen molar-refractivity contribution in [3.05, 3.63) is 0 Å². The van der Waals surface area contributed by atoms with Crippen molar-refractivity contribution in [2.75, 3.05) is 13.2 Å². The largest absolute Gasteiger partial charge is 0.395 e. The van der Waals surface area contributed by atoms with Crippen molar-refractivity contribution < 1.29 is 14.7 Å².